The Labute approximate surface area is 129 Å². The molecule has 4 nitrogen and oxygen atoms in total. The lowest BCUT2D eigenvalue weighted by Gasteiger charge is -2.16. The Morgan fingerprint density at radius 2 is 1.81 bits per heavy atom. The summed E-state index contributed by atoms with van der Waals surface area (Å²) in [7, 11) is 1.78. The van der Waals surface area contributed by atoms with Gasteiger partial charge >= 0.3 is 0 Å². The first-order valence-corrected chi connectivity index (χ1v) is 6.91. The van der Waals surface area contributed by atoms with Crippen LogP contribution in [0, 0.1) is 12.3 Å². The molecule has 0 heterocycles. The predicted molar refractivity (Wildman–Crippen MR) is 86.1 cm³/mol. The molecule has 0 aliphatic rings. The van der Waals surface area contributed by atoms with Crippen LogP contribution in [0.3, 0.4) is 0 Å². The molecule has 0 atom stereocenters. The van der Waals surface area contributed by atoms with Gasteiger partial charge < -0.3 is 15.4 Å². The van der Waals surface area contributed by atoms with Gasteiger partial charge in [0.05, 0.1) is 0 Å². The number of hydrogen-bond donors (Lipinski definition) is 2. The van der Waals surface area contributed by atoms with Crippen LogP contribution in [0.25, 0.3) is 0 Å². The number of nitrogens with one attached hydrogen (secondary N) is 1. The molecule has 0 radical (unpaired) electrons. The van der Waals surface area contributed by atoms with Gasteiger partial charge in [-0.15, -0.1) is 0 Å². The van der Waals surface area contributed by atoms with E-state index in [0.29, 0.717) is 6.54 Å². The van der Waals surface area contributed by atoms with Gasteiger partial charge in [-0.25, -0.2) is 0 Å². The molecule has 2 rings (SSSR count). The van der Waals surface area contributed by atoms with Crippen molar-refractivity contribution in [1.29, 1.82) is 5.41 Å². The fourth-order valence-corrected chi connectivity index (χ4v) is 1.96. The normalized spacial score (nSPS) is 10.2. The first-order chi connectivity index (χ1) is 9.95. The van der Waals surface area contributed by atoms with Crippen molar-refractivity contribution in [3.8, 4) is 11.5 Å². The molecule has 0 bridgehead atoms. The third-order valence-electron chi connectivity index (χ3n) is 3.12. The first-order valence-electron chi connectivity index (χ1n) is 6.54. The van der Waals surface area contributed by atoms with Crippen LogP contribution in [0.2, 0.25) is 5.02 Å². The molecule has 0 saturated carbocycles. The summed E-state index contributed by atoms with van der Waals surface area (Å²) in [4.78, 5) is 1.67. The highest BCUT2D eigenvalue weighted by Gasteiger charge is 2.03. The van der Waals surface area contributed by atoms with Gasteiger partial charge in [-0.2, -0.15) is 0 Å². The molecule has 0 aliphatic heterocycles. The van der Waals surface area contributed by atoms with Gasteiger partial charge in [-0.1, -0.05) is 23.7 Å². The van der Waals surface area contributed by atoms with Crippen molar-refractivity contribution < 1.29 is 4.74 Å². The number of benzene rings is 2. The molecule has 0 spiro atoms. The van der Waals surface area contributed by atoms with Crippen molar-refractivity contribution in [3.05, 3.63) is 58.6 Å². The molecule has 0 unspecified atom stereocenters. The Kier molecular flexibility index (Phi) is 4.70. The van der Waals surface area contributed by atoms with E-state index in [-0.39, 0.29) is 5.96 Å². The number of nitrogens with zero attached hydrogens (tertiary/aromatic N) is 1. The van der Waals surface area contributed by atoms with Crippen molar-refractivity contribution in [3.63, 3.8) is 0 Å². The minimum Gasteiger partial charge on any atom is -0.457 e. The predicted octanol–water partition coefficient (Wildman–Crippen LogP) is 3.77. The van der Waals surface area contributed by atoms with Crippen LogP contribution in [-0.4, -0.2) is 17.9 Å². The molecule has 2 aromatic carbocycles. The van der Waals surface area contributed by atoms with Gasteiger partial charge in [0.2, 0.25) is 0 Å². The Bertz CT molecular complexity index is 640. The van der Waals surface area contributed by atoms with Crippen LogP contribution < -0.4 is 10.5 Å². The quantitative estimate of drug-likeness (QED) is 0.667. The molecule has 2 aromatic rings. The number of nitrogens with two attached hydrogens (primary N) is 1. The fourth-order valence-electron chi connectivity index (χ4n) is 1.84. The zero-order valence-corrected chi connectivity index (χ0v) is 12.8. The molecule has 0 fully saturated rings. The molecule has 0 saturated heterocycles. The molecule has 5 heteroatoms. The topological polar surface area (TPSA) is 62.3 Å². The number of guanidine groups is 1. The van der Waals surface area contributed by atoms with E-state index < -0.39 is 0 Å². The van der Waals surface area contributed by atoms with E-state index in [9.17, 15) is 0 Å². The zero-order chi connectivity index (χ0) is 15.4. The van der Waals surface area contributed by atoms with E-state index in [1.165, 1.54) is 0 Å². The molecular formula is C16H18ClN3O. The number of halogens is 1. The van der Waals surface area contributed by atoms with E-state index in [2.05, 4.69) is 0 Å². The first kappa shape index (κ1) is 15.2. The van der Waals surface area contributed by atoms with Gasteiger partial charge in [0.15, 0.2) is 5.96 Å². The zero-order valence-electron chi connectivity index (χ0n) is 12.1. The average Bonchev–Trinajstić information content (AvgIpc) is 2.45. The lowest BCUT2D eigenvalue weighted by atomic mass is 10.2. The SMILES string of the molecule is Cc1cc(Oc2ccc(CN(C)C(=N)N)cc2)ccc1Cl. The van der Waals surface area contributed by atoms with Crippen LogP contribution in [0.1, 0.15) is 11.1 Å². The maximum atomic E-state index is 7.35. The van der Waals surface area contributed by atoms with E-state index in [0.717, 1.165) is 27.6 Å². The number of aryl methyl sites for hydroxylation is 1. The standard InChI is InChI=1S/C16H18ClN3O/c1-11-9-14(7-8-15(11)17)21-13-5-3-12(4-6-13)10-20(2)16(18)19/h3-9H,10H2,1-2H3,(H3,18,19). The van der Waals surface area contributed by atoms with E-state index in [1.807, 2.05) is 49.4 Å². The van der Waals surface area contributed by atoms with Gasteiger partial charge in [0, 0.05) is 18.6 Å². The van der Waals surface area contributed by atoms with E-state index in [1.54, 1.807) is 11.9 Å². The Balaban J connectivity index is 2.05. The van der Waals surface area contributed by atoms with Gasteiger partial charge in [0.25, 0.3) is 0 Å². The smallest absolute Gasteiger partial charge is 0.188 e. The van der Waals surface area contributed by atoms with Crippen molar-refractivity contribution >= 4 is 17.6 Å². The Morgan fingerprint density at radius 3 is 2.38 bits per heavy atom. The van der Waals surface area contributed by atoms with E-state index in [4.69, 9.17) is 27.5 Å². The van der Waals surface area contributed by atoms with Gasteiger partial charge in [-0.05, 0) is 48.4 Å². The summed E-state index contributed by atoms with van der Waals surface area (Å²) in [5.41, 5.74) is 7.46. The molecular weight excluding hydrogens is 286 g/mol. The minimum atomic E-state index is 0.0481. The van der Waals surface area contributed by atoms with Crippen LogP contribution in [0.15, 0.2) is 42.5 Å². The summed E-state index contributed by atoms with van der Waals surface area (Å²) in [6.07, 6.45) is 0. The lowest BCUT2D eigenvalue weighted by molar-refractivity contribution is 0.477. The summed E-state index contributed by atoms with van der Waals surface area (Å²) in [5, 5.41) is 8.07. The molecule has 0 aliphatic carbocycles. The summed E-state index contributed by atoms with van der Waals surface area (Å²) < 4.78 is 5.78. The molecule has 0 amide bonds. The van der Waals surface area contributed by atoms with Crippen LogP contribution >= 0.6 is 11.6 Å². The molecule has 21 heavy (non-hydrogen) atoms. The third kappa shape index (κ3) is 4.13. The van der Waals surface area contributed by atoms with Crippen LogP contribution in [0.4, 0.5) is 0 Å². The monoisotopic (exact) mass is 303 g/mol. The largest absolute Gasteiger partial charge is 0.457 e. The highest BCUT2D eigenvalue weighted by Crippen LogP contribution is 2.26. The average molecular weight is 304 g/mol. The number of ether oxygens (including phenoxy) is 1. The summed E-state index contributed by atoms with van der Waals surface area (Å²) in [6, 6.07) is 13.3. The van der Waals surface area contributed by atoms with Crippen LogP contribution in [0.5, 0.6) is 11.5 Å². The maximum absolute atomic E-state index is 7.35. The second kappa shape index (κ2) is 6.50. The molecule has 3 N–H and O–H groups in total. The summed E-state index contributed by atoms with van der Waals surface area (Å²) in [6.45, 7) is 2.53. The second-order valence-corrected chi connectivity index (χ2v) is 5.31. The molecule has 110 valence electrons. The van der Waals surface area contributed by atoms with Crippen LogP contribution in [-0.2, 0) is 6.54 Å². The highest BCUT2D eigenvalue weighted by atomic mass is 35.5. The Morgan fingerprint density at radius 1 is 1.19 bits per heavy atom. The van der Waals surface area contributed by atoms with Crippen molar-refractivity contribution in [1.82, 2.24) is 4.90 Å². The van der Waals surface area contributed by atoms with E-state index >= 15 is 0 Å². The highest BCUT2D eigenvalue weighted by molar-refractivity contribution is 6.31. The third-order valence-corrected chi connectivity index (χ3v) is 3.54. The molecule has 0 aromatic heterocycles. The van der Waals surface area contributed by atoms with Gasteiger partial charge in [0.1, 0.15) is 11.5 Å². The van der Waals surface area contributed by atoms with Crippen molar-refractivity contribution in [2.45, 2.75) is 13.5 Å². The fraction of sp³-hybridized carbons (Fsp3) is 0.188. The number of rotatable bonds is 4. The summed E-state index contributed by atoms with van der Waals surface area (Å²) >= 11 is 5.99. The Hall–Kier alpha value is -2.20. The lowest BCUT2D eigenvalue weighted by Crippen LogP contribution is -2.32. The minimum absolute atomic E-state index is 0.0481. The van der Waals surface area contributed by atoms with Crippen molar-refractivity contribution in [2.24, 2.45) is 5.73 Å². The summed E-state index contributed by atoms with van der Waals surface area (Å²) in [5.74, 6) is 1.56. The maximum Gasteiger partial charge on any atom is 0.188 e. The number of hydrogen-bond acceptors (Lipinski definition) is 2. The second-order valence-electron chi connectivity index (χ2n) is 4.90. The van der Waals surface area contributed by atoms with Crippen molar-refractivity contribution in [2.75, 3.05) is 7.05 Å². The van der Waals surface area contributed by atoms with Gasteiger partial charge in [-0.3, -0.25) is 5.41 Å².